The van der Waals surface area contributed by atoms with Gasteiger partial charge in [0.25, 0.3) is 0 Å². The number of hydroxylamine groups is 3. The van der Waals surface area contributed by atoms with Gasteiger partial charge in [-0.1, -0.05) is 31.6 Å². The van der Waals surface area contributed by atoms with Crippen LogP contribution in [0, 0.1) is 11.1 Å². The Bertz CT molecular complexity index is 881. The van der Waals surface area contributed by atoms with Crippen molar-refractivity contribution in [3.63, 3.8) is 0 Å². The average Bonchev–Trinajstić information content (AvgIpc) is 3.00. The van der Waals surface area contributed by atoms with E-state index in [0.29, 0.717) is 6.54 Å². The molecule has 4 rings (SSSR count). The number of benzene rings is 1. The summed E-state index contributed by atoms with van der Waals surface area (Å²) in [6.45, 7) is 4.44. The smallest absolute Gasteiger partial charge is 0.232 e. The van der Waals surface area contributed by atoms with Gasteiger partial charge in [0.15, 0.2) is 0 Å². The highest BCUT2D eigenvalue weighted by molar-refractivity contribution is 5.99. The van der Waals surface area contributed by atoms with E-state index < -0.39 is 4.65 Å². The summed E-state index contributed by atoms with van der Waals surface area (Å²) in [4.78, 5) is 16.1. The molecule has 5 nitrogen and oxygen atoms in total. The number of nitrogens with one attached hydrogen (secondary N) is 2. The lowest BCUT2D eigenvalue weighted by Crippen LogP contribution is -2.57. The van der Waals surface area contributed by atoms with Gasteiger partial charge in [-0.3, -0.25) is 4.79 Å². The zero-order valence-corrected chi connectivity index (χ0v) is 15.7. The second-order valence-electron chi connectivity index (χ2n) is 8.05. The van der Waals surface area contributed by atoms with Crippen LogP contribution in [0.25, 0.3) is 16.5 Å². The van der Waals surface area contributed by atoms with Crippen LogP contribution in [0.1, 0.15) is 37.8 Å². The summed E-state index contributed by atoms with van der Waals surface area (Å²) in [5, 5.41) is 17.7. The van der Waals surface area contributed by atoms with Crippen molar-refractivity contribution in [2.45, 2.75) is 45.2 Å². The highest BCUT2D eigenvalue weighted by atomic mass is 16.5. The van der Waals surface area contributed by atoms with Crippen molar-refractivity contribution < 1.29 is 9.44 Å². The number of amides is 1. The van der Waals surface area contributed by atoms with Crippen molar-refractivity contribution in [1.29, 1.82) is 0 Å². The molecule has 2 aliphatic rings. The van der Waals surface area contributed by atoms with Gasteiger partial charge in [0.05, 0.1) is 13.6 Å². The van der Waals surface area contributed by atoms with Crippen molar-refractivity contribution >= 4 is 22.4 Å². The number of hydrogen-bond donors (Lipinski definition) is 2. The molecule has 1 aliphatic carbocycles. The predicted octanol–water partition coefficient (Wildman–Crippen LogP) is 3.36. The summed E-state index contributed by atoms with van der Waals surface area (Å²) in [6, 6.07) is 6.16. The second-order valence-corrected chi connectivity index (χ2v) is 8.05. The molecule has 0 saturated carbocycles. The number of quaternary nitrogens is 1. The largest absolute Gasteiger partial charge is 0.633 e. The van der Waals surface area contributed by atoms with E-state index >= 15 is 0 Å². The lowest BCUT2D eigenvalue weighted by Gasteiger charge is -2.51. The van der Waals surface area contributed by atoms with Gasteiger partial charge in [-0.2, -0.15) is 0 Å². The first-order valence-electron chi connectivity index (χ1n) is 9.58. The normalized spacial score (nSPS) is 28.4. The Kier molecular flexibility index (Phi) is 4.16. The first-order valence-corrected chi connectivity index (χ1v) is 9.58. The Balaban J connectivity index is 1.73. The van der Waals surface area contributed by atoms with E-state index in [-0.39, 0.29) is 23.9 Å². The van der Waals surface area contributed by atoms with Gasteiger partial charge in [0.2, 0.25) is 5.91 Å². The fourth-order valence-corrected chi connectivity index (χ4v) is 4.64. The molecule has 0 bridgehead atoms. The maximum Gasteiger partial charge on any atom is 0.232 e. The summed E-state index contributed by atoms with van der Waals surface area (Å²) in [5.41, 5.74) is 4.45. The minimum Gasteiger partial charge on any atom is -0.633 e. The van der Waals surface area contributed by atoms with E-state index in [1.807, 2.05) is 19.2 Å². The third-order valence-corrected chi connectivity index (χ3v) is 5.92. The highest BCUT2D eigenvalue weighted by Gasteiger charge is 2.42. The van der Waals surface area contributed by atoms with Crippen LogP contribution in [0.5, 0.6) is 0 Å². The fraction of sp³-hybridized carbons (Fsp3) is 0.476. The maximum atomic E-state index is 13.4. The Morgan fingerprint density at radius 3 is 3.04 bits per heavy atom. The number of nitrogens with zero attached hydrogens (tertiary/aromatic N) is 1. The van der Waals surface area contributed by atoms with Crippen LogP contribution in [0.2, 0.25) is 0 Å². The molecule has 5 heteroatoms. The van der Waals surface area contributed by atoms with Gasteiger partial charge in [0.1, 0.15) is 12.0 Å². The van der Waals surface area contributed by atoms with E-state index in [2.05, 4.69) is 35.4 Å². The minimum atomic E-state index is -0.396. The van der Waals surface area contributed by atoms with Gasteiger partial charge >= 0.3 is 0 Å². The standard InChI is InChI=1S/C21H27N3O2/c1-4-6-13(2)23-21(25)15-9-17-16-7-5-8-18-20(16)14(11-22-18)10-19(17)24(3,26)12-15/h5,7-9,11,13,15,19,22H,4,6,10,12H2,1-3H3,(H,23,25)/t13-,15?,19-,24?/m1/s1. The van der Waals surface area contributed by atoms with E-state index in [4.69, 9.17) is 0 Å². The number of aromatic amines is 1. The van der Waals surface area contributed by atoms with Crippen molar-refractivity contribution in [2.24, 2.45) is 5.92 Å². The van der Waals surface area contributed by atoms with E-state index in [1.54, 1.807) is 7.05 Å². The summed E-state index contributed by atoms with van der Waals surface area (Å²) >= 11 is 0. The van der Waals surface area contributed by atoms with Crippen LogP contribution in [0.4, 0.5) is 0 Å². The van der Waals surface area contributed by atoms with Crippen LogP contribution in [-0.4, -0.2) is 41.2 Å². The Morgan fingerprint density at radius 1 is 1.46 bits per heavy atom. The van der Waals surface area contributed by atoms with Crippen molar-refractivity contribution in [3.05, 3.63) is 46.8 Å². The Hall–Kier alpha value is -2.11. The van der Waals surface area contributed by atoms with Gasteiger partial charge in [0, 0.05) is 35.1 Å². The summed E-state index contributed by atoms with van der Waals surface area (Å²) in [7, 11) is 1.71. The molecule has 1 aromatic carbocycles. The van der Waals surface area contributed by atoms with Crippen molar-refractivity contribution in [1.82, 2.24) is 10.3 Å². The Morgan fingerprint density at radius 2 is 2.27 bits per heavy atom. The summed E-state index contributed by atoms with van der Waals surface area (Å²) in [5.74, 6) is -0.400. The average molecular weight is 353 g/mol. The number of fused-ring (bicyclic) bond motifs is 2. The molecule has 0 spiro atoms. The van der Waals surface area contributed by atoms with E-state index in [9.17, 15) is 10.0 Å². The number of H-pyrrole nitrogens is 1. The molecule has 138 valence electrons. The number of rotatable bonds is 4. The minimum absolute atomic E-state index is 0.0239. The molecule has 2 N–H and O–H groups in total. The van der Waals surface area contributed by atoms with E-state index in [0.717, 1.165) is 35.9 Å². The van der Waals surface area contributed by atoms with Gasteiger partial charge < -0.3 is 20.2 Å². The van der Waals surface area contributed by atoms with Crippen LogP contribution in [0.3, 0.4) is 0 Å². The second kappa shape index (κ2) is 6.25. The summed E-state index contributed by atoms with van der Waals surface area (Å²) < 4.78 is -0.396. The molecular formula is C21H27N3O2. The molecule has 2 unspecified atom stereocenters. The highest BCUT2D eigenvalue weighted by Crippen LogP contribution is 2.43. The molecule has 4 atom stereocenters. The maximum absolute atomic E-state index is 13.4. The first kappa shape index (κ1) is 17.3. The zero-order chi connectivity index (χ0) is 18.5. The predicted molar refractivity (Wildman–Crippen MR) is 104 cm³/mol. The van der Waals surface area contributed by atoms with Crippen molar-refractivity contribution in [3.8, 4) is 0 Å². The lowest BCUT2D eigenvalue weighted by molar-refractivity contribution is -0.880. The van der Waals surface area contributed by atoms with Gasteiger partial charge in [-0.05, 0) is 30.5 Å². The number of carbonyl (C=O) groups excluding carboxylic acids is 1. The van der Waals surface area contributed by atoms with Crippen LogP contribution in [0.15, 0.2) is 30.5 Å². The molecule has 2 aromatic rings. The molecular weight excluding hydrogens is 326 g/mol. The molecule has 1 amide bonds. The quantitative estimate of drug-likeness (QED) is 0.654. The Labute approximate surface area is 154 Å². The SMILES string of the molecule is CCC[C@@H](C)NC(=O)C1C=C2c3cccc4[nH]cc(c34)C[C@H]2[N+](C)([O-])C1. The van der Waals surface area contributed by atoms with Crippen molar-refractivity contribution in [2.75, 3.05) is 13.6 Å². The molecule has 1 aliphatic heterocycles. The summed E-state index contributed by atoms with van der Waals surface area (Å²) in [6.07, 6.45) is 6.79. The molecule has 0 saturated heterocycles. The zero-order valence-electron chi connectivity index (χ0n) is 15.7. The van der Waals surface area contributed by atoms with Crippen LogP contribution in [-0.2, 0) is 11.2 Å². The number of likely N-dealkylation sites (N-methyl/N-ethyl adjacent to an activating group) is 1. The number of aromatic nitrogens is 1. The molecule has 2 heterocycles. The van der Waals surface area contributed by atoms with Gasteiger partial charge in [-0.25, -0.2) is 0 Å². The molecule has 26 heavy (non-hydrogen) atoms. The monoisotopic (exact) mass is 353 g/mol. The molecule has 0 radical (unpaired) electrons. The van der Waals surface area contributed by atoms with Crippen LogP contribution >= 0.6 is 0 Å². The fourth-order valence-electron chi connectivity index (χ4n) is 4.64. The third-order valence-electron chi connectivity index (χ3n) is 5.92. The number of carbonyl (C=O) groups is 1. The number of hydrogen-bond acceptors (Lipinski definition) is 2. The topological polar surface area (TPSA) is 68.0 Å². The van der Waals surface area contributed by atoms with Crippen LogP contribution < -0.4 is 5.32 Å². The third kappa shape index (κ3) is 2.75. The molecule has 1 aromatic heterocycles. The lowest BCUT2D eigenvalue weighted by atomic mass is 9.79. The first-order chi connectivity index (χ1) is 12.4. The molecule has 0 fully saturated rings. The van der Waals surface area contributed by atoms with E-state index in [1.165, 1.54) is 10.9 Å². The van der Waals surface area contributed by atoms with Gasteiger partial charge in [-0.15, -0.1) is 0 Å².